The number of nitrogens with one attached hydrogen (secondary N) is 1. The molecule has 0 radical (unpaired) electrons. The number of benzene rings is 2. The highest BCUT2D eigenvalue weighted by atomic mass is 19.1. The highest BCUT2D eigenvalue weighted by molar-refractivity contribution is 6.02. The van der Waals surface area contributed by atoms with Gasteiger partial charge in [-0.1, -0.05) is 24.1 Å². The molecule has 1 amide bonds. The van der Waals surface area contributed by atoms with Crippen LogP contribution in [-0.2, 0) is 4.79 Å². The Balaban J connectivity index is 1.70. The first-order valence-electron chi connectivity index (χ1n) is 8.08. The van der Waals surface area contributed by atoms with Gasteiger partial charge in [0, 0.05) is 29.1 Å². The van der Waals surface area contributed by atoms with Gasteiger partial charge >= 0.3 is 0 Å². The number of halogens is 2. The van der Waals surface area contributed by atoms with Gasteiger partial charge in [-0.25, -0.2) is 13.8 Å². The zero-order valence-electron chi connectivity index (χ0n) is 14.1. The van der Waals surface area contributed by atoms with E-state index in [1.807, 2.05) is 12.1 Å². The lowest BCUT2D eigenvalue weighted by atomic mass is 10.1. The molecule has 3 rings (SSSR count). The summed E-state index contributed by atoms with van der Waals surface area (Å²) in [7, 11) is 0. The Morgan fingerprint density at radius 3 is 2.48 bits per heavy atom. The molecule has 0 atom stereocenters. The zero-order chi connectivity index (χ0) is 19.1. The summed E-state index contributed by atoms with van der Waals surface area (Å²) in [6, 6.07) is 15.9. The van der Waals surface area contributed by atoms with Crippen LogP contribution in [0.1, 0.15) is 16.8 Å². The molecule has 132 valence electrons. The number of hydrogen-bond acceptors (Lipinski definition) is 2. The van der Waals surface area contributed by atoms with E-state index in [1.165, 1.54) is 6.07 Å². The summed E-state index contributed by atoms with van der Waals surface area (Å²) in [5, 5.41) is 2.64. The van der Waals surface area contributed by atoms with Crippen LogP contribution in [0.25, 0.3) is 6.08 Å². The molecule has 27 heavy (non-hydrogen) atoms. The van der Waals surface area contributed by atoms with Crippen LogP contribution in [0.5, 0.6) is 0 Å². The first kappa shape index (κ1) is 18.0. The van der Waals surface area contributed by atoms with Gasteiger partial charge in [-0.05, 0) is 54.5 Å². The molecule has 0 bridgehead atoms. The maximum absolute atomic E-state index is 13.6. The van der Waals surface area contributed by atoms with E-state index in [9.17, 15) is 13.6 Å². The molecule has 0 saturated heterocycles. The second kappa shape index (κ2) is 8.54. The smallest absolute Gasteiger partial charge is 0.248 e. The van der Waals surface area contributed by atoms with Crippen molar-refractivity contribution in [1.29, 1.82) is 0 Å². The fourth-order valence-electron chi connectivity index (χ4n) is 2.26. The maximum Gasteiger partial charge on any atom is 0.248 e. The average Bonchev–Trinajstić information content (AvgIpc) is 2.67. The third kappa shape index (κ3) is 5.10. The number of anilines is 1. The minimum absolute atomic E-state index is 0.261. The average molecular weight is 360 g/mol. The standard InChI is InChI=1S/C22H14F2N2O/c23-20-8-4-9-21(24)19(20)12-13-22(27)26-18-7-3-5-16(15-18)10-11-17-6-1-2-14-25-17/h1-9,12-15H,(H,26,27)/b13-12+. The molecular weight excluding hydrogens is 346 g/mol. The van der Waals surface area contributed by atoms with Gasteiger partial charge in [0.25, 0.3) is 0 Å². The largest absolute Gasteiger partial charge is 0.322 e. The molecule has 0 aliphatic carbocycles. The Kier molecular flexibility index (Phi) is 5.70. The van der Waals surface area contributed by atoms with Crippen LogP contribution in [0, 0.1) is 23.5 Å². The van der Waals surface area contributed by atoms with Gasteiger partial charge in [-0.3, -0.25) is 4.79 Å². The number of carbonyl (C=O) groups excluding carboxylic acids is 1. The number of pyridine rings is 1. The van der Waals surface area contributed by atoms with Crippen molar-refractivity contribution >= 4 is 17.7 Å². The summed E-state index contributed by atoms with van der Waals surface area (Å²) in [6.07, 6.45) is 3.84. The zero-order valence-corrected chi connectivity index (χ0v) is 14.1. The van der Waals surface area contributed by atoms with Crippen molar-refractivity contribution in [3.63, 3.8) is 0 Å². The van der Waals surface area contributed by atoms with Crippen LogP contribution < -0.4 is 5.32 Å². The van der Waals surface area contributed by atoms with Crippen molar-refractivity contribution < 1.29 is 13.6 Å². The van der Waals surface area contributed by atoms with Crippen molar-refractivity contribution in [2.75, 3.05) is 5.32 Å². The fourth-order valence-corrected chi connectivity index (χ4v) is 2.26. The molecule has 2 aromatic carbocycles. The van der Waals surface area contributed by atoms with Crippen molar-refractivity contribution in [2.45, 2.75) is 0 Å². The Bertz CT molecular complexity index is 1030. The normalized spacial score (nSPS) is 10.3. The molecule has 5 heteroatoms. The van der Waals surface area contributed by atoms with E-state index in [0.717, 1.165) is 24.3 Å². The summed E-state index contributed by atoms with van der Waals surface area (Å²) < 4.78 is 27.1. The van der Waals surface area contributed by atoms with Gasteiger partial charge in [0.1, 0.15) is 17.3 Å². The maximum atomic E-state index is 13.6. The number of rotatable bonds is 3. The third-order valence-electron chi connectivity index (χ3n) is 3.53. The van der Waals surface area contributed by atoms with E-state index in [4.69, 9.17) is 0 Å². The van der Waals surface area contributed by atoms with Crippen molar-refractivity contribution in [1.82, 2.24) is 4.98 Å². The lowest BCUT2D eigenvalue weighted by molar-refractivity contribution is -0.111. The number of amides is 1. The van der Waals surface area contributed by atoms with E-state index in [-0.39, 0.29) is 5.56 Å². The second-order valence-electron chi connectivity index (χ2n) is 5.50. The molecule has 3 nitrogen and oxygen atoms in total. The van der Waals surface area contributed by atoms with E-state index < -0.39 is 17.5 Å². The lowest BCUT2D eigenvalue weighted by Crippen LogP contribution is -2.07. The molecule has 1 aromatic heterocycles. The molecule has 0 fully saturated rings. The minimum Gasteiger partial charge on any atom is -0.322 e. The Labute approximate surface area is 155 Å². The van der Waals surface area contributed by atoms with Crippen LogP contribution in [0.2, 0.25) is 0 Å². The van der Waals surface area contributed by atoms with E-state index >= 15 is 0 Å². The quantitative estimate of drug-likeness (QED) is 0.555. The summed E-state index contributed by atoms with van der Waals surface area (Å²) in [6.45, 7) is 0. The van der Waals surface area contributed by atoms with Gasteiger partial charge in [-0.2, -0.15) is 0 Å². The van der Waals surface area contributed by atoms with Crippen LogP contribution in [0.4, 0.5) is 14.5 Å². The highest BCUT2D eigenvalue weighted by Crippen LogP contribution is 2.14. The number of carbonyl (C=O) groups is 1. The molecule has 0 aliphatic heterocycles. The van der Waals surface area contributed by atoms with E-state index in [0.29, 0.717) is 16.9 Å². The second-order valence-corrected chi connectivity index (χ2v) is 5.50. The van der Waals surface area contributed by atoms with E-state index in [2.05, 4.69) is 22.1 Å². The van der Waals surface area contributed by atoms with Crippen LogP contribution >= 0.6 is 0 Å². The SMILES string of the molecule is O=C(/C=C/c1c(F)cccc1F)Nc1cccc(C#Cc2ccccn2)c1. The molecule has 1 N–H and O–H groups in total. The molecule has 0 saturated carbocycles. The van der Waals surface area contributed by atoms with Gasteiger partial charge in [0.2, 0.25) is 5.91 Å². The summed E-state index contributed by atoms with van der Waals surface area (Å²) >= 11 is 0. The van der Waals surface area contributed by atoms with Gasteiger partial charge in [0.05, 0.1) is 0 Å². The molecular formula is C22H14F2N2O. The Morgan fingerprint density at radius 1 is 0.963 bits per heavy atom. The van der Waals surface area contributed by atoms with Crippen molar-refractivity contribution in [2.24, 2.45) is 0 Å². The number of hydrogen-bond donors (Lipinski definition) is 1. The summed E-state index contributed by atoms with van der Waals surface area (Å²) in [5.74, 6) is 3.93. The van der Waals surface area contributed by atoms with Crippen molar-refractivity contribution in [3.8, 4) is 11.8 Å². The topological polar surface area (TPSA) is 42.0 Å². The monoisotopic (exact) mass is 360 g/mol. The third-order valence-corrected chi connectivity index (χ3v) is 3.53. The predicted molar refractivity (Wildman–Crippen MR) is 101 cm³/mol. The lowest BCUT2D eigenvalue weighted by Gasteiger charge is -2.03. The summed E-state index contributed by atoms with van der Waals surface area (Å²) in [5.41, 5.74) is 1.60. The number of aromatic nitrogens is 1. The fraction of sp³-hybridized carbons (Fsp3) is 0. The van der Waals surface area contributed by atoms with Gasteiger partial charge < -0.3 is 5.32 Å². The minimum atomic E-state index is -0.731. The highest BCUT2D eigenvalue weighted by Gasteiger charge is 2.05. The molecule has 0 aliphatic rings. The first-order valence-corrected chi connectivity index (χ1v) is 8.08. The van der Waals surface area contributed by atoms with Crippen LogP contribution in [-0.4, -0.2) is 10.9 Å². The molecule has 1 heterocycles. The molecule has 0 spiro atoms. The Hall–Kier alpha value is -3.78. The van der Waals surface area contributed by atoms with Crippen molar-refractivity contribution in [3.05, 3.63) is 101 Å². The molecule has 0 unspecified atom stereocenters. The predicted octanol–water partition coefficient (Wildman–Crippen LogP) is 4.41. The van der Waals surface area contributed by atoms with E-state index in [1.54, 1.807) is 36.5 Å². The molecule has 3 aromatic rings. The van der Waals surface area contributed by atoms with Gasteiger partial charge in [-0.15, -0.1) is 0 Å². The van der Waals surface area contributed by atoms with Crippen LogP contribution in [0.15, 0.2) is 72.9 Å². The van der Waals surface area contributed by atoms with Crippen LogP contribution in [0.3, 0.4) is 0 Å². The first-order chi connectivity index (χ1) is 13.1. The summed E-state index contributed by atoms with van der Waals surface area (Å²) in [4.78, 5) is 16.1. The van der Waals surface area contributed by atoms with Gasteiger partial charge in [0.15, 0.2) is 0 Å². The number of nitrogens with zero attached hydrogens (tertiary/aromatic N) is 1. The Morgan fingerprint density at radius 2 is 1.74 bits per heavy atom.